The van der Waals surface area contributed by atoms with E-state index in [0.29, 0.717) is 43.9 Å². The van der Waals surface area contributed by atoms with Crippen LogP contribution in [0.15, 0.2) is 82.5 Å². The third kappa shape index (κ3) is 6.59. The highest BCUT2D eigenvalue weighted by atomic mass is 35.5. The van der Waals surface area contributed by atoms with E-state index in [1.54, 1.807) is 43.3 Å². The van der Waals surface area contributed by atoms with Gasteiger partial charge in [-0.15, -0.1) is 0 Å². The number of allylic oxidation sites excluding steroid dienone is 2. The van der Waals surface area contributed by atoms with Gasteiger partial charge in [-0.3, -0.25) is 9.59 Å². The molecule has 3 N–H and O–H groups in total. The van der Waals surface area contributed by atoms with Crippen LogP contribution in [0.2, 0.25) is 5.02 Å². The predicted octanol–water partition coefficient (Wildman–Crippen LogP) is 6.98. The largest absolute Gasteiger partial charge is 0.495 e. The van der Waals surface area contributed by atoms with Gasteiger partial charge in [-0.25, -0.2) is 0 Å². The molecule has 1 aliphatic rings. The van der Waals surface area contributed by atoms with Crippen molar-refractivity contribution in [2.24, 2.45) is 0 Å². The fourth-order valence-corrected chi connectivity index (χ4v) is 6.11. The zero-order valence-electron chi connectivity index (χ0n) is 23.5. The van der Waals surface area contributed by atoms with Crippen molar-refractivity contribution < 1.29 is 14.3 Å². The number of methoxy groups -OCH3 is 1. The number of rotatable bonds is 8. The van der Waals surface area contributed by atoms with Gasteiger partial charge in [0.2, 0.25) is 5.91 Å². The van der Waals surface area contributed by atoms with Crippen molar-refractivity contribution in [3.05, 3.63) is 110 Å². The topological polar surface area (TPSA) is 103 Å². The van der Waals surface area contributed by atoms with E-state index in [4.69, 9.17) is 16.3 Å². The highest BCUT2D eigenvalue weighted by molar-refractivity contribution is 8.03. The lowest BCUT2D eigenvalue weighted by molar-refractivity contribution is -0.114. The number of ether oxygens (including phenoxy) is 1. The SMILES string of the molecule is COc1ccccc1NC(=O)C1=C(C)NC(SCC(=O)Nc2c(C)cc(C)cc2C)=C(C#N)[C@@H]1c1ccccc1Cl. The zero-order chi connectivity index (χ0) is 29.7. The minimum absolute atomic E-state index is 0.0610. The van der Waals surface area contributed by atoms with Crippen molar-refractivity contribution >= 4 is 46.6 Å². The van der Waals surface area contributed by atoms with E-state index in [1.165, 1.54) is 18.9 Å². The van der Waals surface area contributed by atoms with Crippen molar-refractivity contribution in [1.29, 1.82) is 5.26 Å². The third-order valence-corrected chi connectivity index (χ3v) is 8.11. The number of carbonyl (C=O) groups is 2. The maximum atomic E-state index is 13.8. The van der Waals surface area contributed by atoms with E-state index < -0.39 is 11.8 Å². The molecule has 2 amide bonds. The smallest absolute Gasteiger partial charge is 0.254 e. The molecule has 4 rings (SSSR count). The Bertz CT molecular complexity index is 1600. The molecular formula is C32H31ClN4O3S. The van der Waals surface area contributed by atoms with Crippen LogP contribution in [0.3, 0.4) is 0 Å². The Morgan fingerprint density at radius 2 is 1.68 bits per heavy atom. The number of nitriles is 1. The molecule has 9 heteroatoms. The zero-order valence-corrected chi connectivity index (χ0v) is 25.1. The Morgan fingerprint density at radius 1 is 1.02 bits per heavy atom. The van der Waals surface area contributed by atoms with Crippen molar-refractivity contribution in [1.82, 2.24) is 5.32 Å². The van der Waals surface area contributed by atoms with Gasteiger partial charge >= 0.3 is 0 Å². The van der Waals surface area contributed by atoms with E-state index in [-0.39, 0.29) is 11.7 Å². The van der Waals surface area contributed by atoms with E-state index in [2.05, 4.69) is 22.0 Å². The number of benzene rings is 3. The Kier molecular flexibility index (Phi) is 9.43. The van der Waals surface area contributed by atoms with Crippen LogP contribution in [-0.4, -0.2) is 24.7 Å². The number of halogens is 1. The number of carbonyl (C=O) groups excluding carboxylic acids is 2. The summed E-state index contributed by atoms with van der Waals surface area (Å²) in [6, 6.07) is 20.6. The van der Waals surface area contributed by atoms with Crippen molar-refractivity contribution in [3.63, 3.8) is 0 Å². The van der Waals surface area contributed by atoms with Crippen LogP contribution in [-0.2, 0) is 9.59 Å². The van der Waals surface area contributed by atoms with Crippen molar-refractivity contribution in [2.45, 2.75) is 33.6 Å². The second-order valence-corrected chi connectivity index (χ2v) is 11.1. The van der Waals surface area contributed by atoms with Gasteiger partial charge in [-0.1, -0.05) is 71.4 Å². The van der Waals surface area contributed by atoms with Gasteiger partial charge in [0.25, 0.3) is 5.91 Å². The summed E-state index contributed by atoms with van der Waals surface area (Å²) in [7, 11) is 1.53. The van der Waals surface area contributed by atoms with E-state index in [0.717, 1.165) is 22.4 Å². The molecule has 0 aromatic heterocycles. The lowest BCUT2D eigenvalue weighted by Crippen LogP contribution is -2.31. The summed E-state index contributed by atoms with van der Waals surface area (Å²) in [4.78, 5) is 26.7. The summed E-state index contributed by atoms with van der Waals surface area (Å²) in [5, 5.41) is 20.4. The standard InChI is InChI=1S/C32H31ClN4O3S/c1-18-14-19(2)30(20(3)15-18)37-27(38)17-41-32-23(16-34)29(22-10-6-7-11-24(22)33)28(21(4)35-32)31(39)36-25-12-8-9-13-26(25)40-5/h6-15,29,35H,17H2,1-5H3,(H,36,39)(H,37,38)/t29-/m0/s1. The lowest BCUT2D eigenvalue weighted by Gasteiger charge is -2.30. The van der Waals surface area contributed by atoms with Crippen molar-refractivity contribution in [2.75, 3.05) is 23.5 Å². The average molecular weight is 587 g/mol. The summed E-state index contributed by atoms with van der Waals surface area (Å²) in [6.45, 7) is 7.71. The number of hydrogen-bond donors (Lipinski definition) is 3. The lowest BCUT2D eigenvalue weighted by atomic mass is 9.82. The number of anilines is 2. The Morgan fingerprint density at radius 3 is 2.34 bits per heavy atom. The molecule has 1 atom stereocenters. The number of thioether (sulfide) groups is 1. The number of nitrogens with one attached hydrogen (secondary N) is 3. The average Bonchev–Trinajstić information content (AvgIpc) is 2.94. The molecule has 0 spiro atoms. The monoisotopic (exact) mass is 586 g/mol. The van der Waals surface area contributed by atoms with Gasteiger partial charge in [0.1, 0.15) is 5.75 Å². The number of nitrogens with zero attached hydrogens (tertiary/aromatic N) is 1. The van der Waals surface area contributed by atoms with Gasteiger partial charge < -0.3 is 20.7 Å². The van der Waals surface area contributed by atoms with Crippen LogP contribution in [0.5, 0.6) is 5.75 Å². The van der Waals surface area contributed by atoms with Crippen LogP contribution in [0, 0.1) is 32.1 Å². The normalized spacial score (nSPS) is 14.7. The Hall–Kier alpha value is -4.19. The maximum absolute atomic E-state index is 13.8. The first-order chi connectivity index (χ1) is 19.6. The molecule has 0 fully saturated rings. The van der Waals surface area contributed by atoms with Gasteiger partial charge in [0, 0.05) is 22.0 Å². The molecular weight excluding hydrogens is 556 g/mol. The number of aryl methyl sites for hydroxylation is 3. The number of dihydropyridines is 1. The highest BCUT2D eigenvalue weighted by Crippen LogP contribution is 2.43. The summed E-state index contributed by atoms with van der Waals surface area (Å²) >= 11 is 7.82. The van der Waals surface area contributed by atoms with Gasteiger partial charge in [0.05, 0.1) is 41.1 Å². The van der Waals surface area contributed by atoms with Gasteiger partial charge in [-0.05, 0) is 62.6 Å². The second-order valence-electron chi connectivity index (χ2n) is 9.74. The second kappa shape index (κ2) is 13.0. The van der Waals surface area contributed by atoms with E-state index >= 15 is 0 Å². The molecule has 0 saturated heterocycles. The predicted molar refractivity (Wildman–Crippen MR) is 166 cm³/mol. The Labute approximate surface area is 249 Å². The third-order valence-electron chi connectivity index (χ3n) is 6.75. The number of hydrogen-bond acceptors (Lipinski definition) is 6. The van der Waals surface area contributed by atoms with Crippen LogP contribution in [0.1, 0.15) is 35.1 Å². The quantitative estimate of drug-likeness (QED) is 0.263. The molecule has 7 nitrogen and oxygen atoms in total. The molecule has 1 aliphatic heterocycles. The minimum Gasteiger partial charge on any atom is -0.495 e. The van der Waals surface area contributed by atoms with Crippen LogP contribution in [0.4, 0.5) is 11.4 Å². The molecule has 0 aliphatic carbocycles. The highest BCUT2D eigenvalue weighted by Gasteiger charge is 2.36. The van der Waals surface area contributed by atoms with Crippen LogP contribution >= 0.6 is 23.4 Å². The molecule has 1 heterocycles. The van der Waals surface area contributed by atoms with Gasteiger partial charge in [0.15, 0.2) is 0 Å². The first-order valence-electron chi connectivity index (χ1n) is 13.0. The Balaban J connectivity index is 1.66. The summed E-state index contributed by atoms with van der Waals surface area (Å²) < 4.78 is 5.40. The van der Waals surface area contributed by atoms with E-state index in [9.17, 15) is 14.9 Å². The first-order valence-corrected chi connectivity index (χ1v) is 14.3. The number of para-hydroxylation sites is 2. The number of amides is 2. The molecule has 0 bridgehead atoms. The molecule has 0 saturated carbocycles. The molecule has 0 radical (unpaired) electrons. The summed E-state index contributed by atoms with van der Waals surface area (Å²) in [6.07, 6.45) is 0. The first kappa shape index (κ1) is 29.8. The summed E-state index contributed by atoms with van der Waals surface area (Å²) in [5.74, 6) is -0.783. The van der Waals surface area contributed by atoms with Gasteiger partial charge in [-0.2, -0.15) is 5.26 Å². The fraction of sp³-hybridized carbons (Fsp3) is 0.219. The van der Waals surface area contributed by atoms with Crippen LogP contribution < -0.4 is 20.7 Å². The maximum Gasteiger partial charge on any atom is 0.254 e. The van der Waals surface area contributed by atoms with E-state index in [1.807, 2.05) is 45.0 Å². The molecule has 210 valence electrons. The molecule has 3 aromatic carbocycles. The fourth-order valence-electron chi connectivity index (χ4n) is 4.98. The molecule has 0 unspecified atom stereocenters. The minimum atomic E-state index is -0.753. The molecule has 3 aromatic rings. The summed E-state index contributed by atoms with van der Waals surface area (Å²) in [5.41, 5.74) is 6.19. The van der Waals surface area contributed by atoms with Crippen LogP contribution in [0.25, 0.3) is 0 Å². The van der Waals surface area contributed by atoms with Crippen molar-refractivity contribution in [3.8, 4) is 11.8 Å². The molecule has 41 heavy (non-hydrogen) atoms.